The molecule has 1 aromatic rings. The lowest BCUT2D eigenvalue weighted by atomic mass is 10.1. The van der Waals surface area contributed by atoms with Crippen LogP contribution in [0.25, 0.3) is 0 Å². The summed E-state index contributed by atoms with van der Waals surface area (Å²) in [5.41, 5.74) is 2.28. The Morgan fingerprint density at radius 2 is 2.10 bits per heavy atom. The Bertz CT molecular complexity index is 469. The smallest absolute Gasteiger partial charge is 0.216 e. The minimum Gasteiger partial charge on any atom is -0.356 e. The highest BCUT2D eigenvalue weighted by Gasteiger charge is 2.09. The van der Waals surface area contributed by atoms with Crippen LogP contribution in [0, 0.1) is 0 Å². The Morgan fingerprint density at radius 1 is 1.35 bits per heavy atom. The van der Waals surface area contributed by atoms with Crippen molar-refractivity contribution in [3.8, 4) is 0 Å². The number of carbonyl (C=O) groups excluding carboxylic acids is 1. The van der Waals surface area contributed by atoms with Crippen molar-refractivity contribution >= 4 is 53.3 Å². The zero-order chi connectivity index (χ0) is 12.8. The molecule has 2 N–H and O–H groups in total. The van der Waals surface area contributed by atoms with Crippen molar-refractivity contribution < 1.29 is 4.79 Å². The predicted octanol–water partition coefficient (Wildman–Crippen LogP) is 2.72. The fourth-order valence-corrected chi connectivity index (χ4v) is 2.50. The van der Waals surface area contributed by atoms with Gasteiger partial charge in [0.05, 0.1) is 6.54 Å². The number of amidine groups is 1. The summed E-state index contributed by atoms with van der Waals surface area (Å²) in [6, 6.07) is 8.14. The molecule has 4 nitrogen and oxygen atoms in total. The summed E-state index contributed by atoms with van der Waals surface area (Å²) in [5.74, 6) is 1.06. The normalized spacial score (nSPS) is 12.8. The average molecular weight is 336 g/mol. The number of hydrogen-bond acceptors (Lipinski definition) is 4. The van der Waals surface area contributed by atoms with Crippen LogP contribution in [0.5, 0.6) is 0 Å². The zero-order valence-electron chi connectivity index (χ0n) is 11.2. The van der Waals surface area contributed by atoms with Gasteiger partial charge in [0.25, 0.3) is 0 Å². The van der Waals surface area contributed by atoms with Gasteiger partial charge < -0.3 is 10.6 Å². The zero-order valence-corrected chi connectivity index (χ0v) is 13.7. The van der Waals surface area contributed by atoms with Crippen LogP contribution in [0.15, 0.2) is 29.3 Å². The Labute approximate surface area is 136 Å². The molecule has 112 valence electrons. The van der Waals surface area contributed by atoms with E-state index < -0.39 is 0 Å². The molecule has 0 radical (unpaired) electrons. The van der Waals surface area contributed by atoms with Gasteiger partial charge in [0.15, 0.2) is 5.17 Å². The van der Waals surface area contributed by atoms with Crippen molar-refractivity contribution in [3.63, 3.8) is 0 Å². The lowest BCUT2D eigenvalue weighted by Crippen LogP contribution is -2.22. The number of nitrogens with zero attached hydrogens (tertiary/aromatic N) is 1. The van der Waals surface area contributed by atoms with Gasteiger partial charge in [0, 0.05) is 24.9 Å². The molecule has 0 saturated heterocycles. The molecular weight excluding hydrogens is 317 g/mol. The molecule has 1 aliphatic rings. The molecule has 1 heterocycles. The first-order valence-corrected chi connectivity index (χ1v) is 7.01. The molecule has 0 fully saturated rings. The number of halogens is 2. The second-order valence-corrected chi connectivity index (χ2v) is 5.13. The Morgan fingerprint density at radius 3 is 2.75 bits per heavy atom. The van der Waals surface area contributed by atoms with Gasteiger partial charge in [-0.3, -0.25) is 9.79 Å². The average Bonchev–Trinajstić information content (AvgIpc) is 2.84. The summed E-state index contributed by atoms with van der Waals surface area (Å²) in [5, 5.41) is 7.15. The first-order chi connectivity index (χ1) is 8.75. The monoisotopic (exact) mass is 335 g/mol. The number of nitrogens with one attached hydrogen (secondary N) is 2. The van der Waals surface area contributed by atoms with E-state index >= 15 is 0 Å². The highest BCUT2D eigenvalue weighted by atomic mass is 35.5. The number of rotatable bonds is 4. The third kappa shape index (κ3) is 6.03. The van der Waals surface area contributed by atoms with Crippen molar-refractivity contribution in [1.29, 1.82) is 0 Å². The van der Waals surface area contributed by atoms with Crippen molar-refractivity contribution in [1.82, 2.24) is 5.32 Å². The highest BCUT2D eigenvalue weighted by Crippen LogP contribution is 2.20. The SMILES string of the molecule is CC(=O)NCCc1ccccc1NC1=NCCS1.Cl.Cl. The van der Waals surface area contributed by atoms with Crippen molar-refractivity contribution in [2.24, 2.45) is 4.99 Å². The summed E-state index contributed by atoms with van der Waals surface area (Å²) in [6.45, 7) is 3.09. The molecule has 7 heteroatoms. The first-order valence-electron chi connectivity index (χ1n) is 6.02. The van der Waals surface area contributed by atoms with Crippen LogP contribution in [0.1, 0.15) is 12.5 Å². The Balaban J connectivity index is 0.00000180. The summed E-state index contributed by atoms with van der Waals surface area (Å²) in [4.78, 5) is 15.2. The summed E-state index contributed by atoms with van der Waals surface area (Å²) in [6.07, 6.45) is 0.820. The second kappa shape index (κ2) is 9.91. The van der Waals surface area contributed by atoms with Crippen LogP contribution in [0.2, 0.25) is 0 Å². The number of thioether (sulfide) groups is 1. The second-order valence-electron chi connectivity index (χ2n) is 4.05. The first kappa shape index (κ1) is 19.1. The summed E-state index contributed by atoms with van der Waals surface area (Å²) in [7, 11) is 0. The van der Waals surface area contributed by atoms with Crippen LogP contribution < -0.4 is 10.6 Å². The van der Waals surface area contributed by atoms with Crippen LogP contribution in [-0.2, 0) is 11.2 Å². The molecule has 20 heavy (non-hydrogen) atoms. The predicted molar refractivity (Wildman–Crippen MR) is 91.7 cm³/mol. The number of carbonyl (C=O) groups is 1. The van der Waals surface area contributed by atoms with E-state index in [-0.39, 0.29) is 30.7 Å². The maximum Gasteiger partial charge on any atom is 0.216 e. The van der Waals surface area contributed by atoms with E-state index in [4.69, 9.17) is 0 Å². The third-order valence-corrected chi connectivity index (χ3v) is 3.50. The summed E-state index contributed by atoms with van der Waals surface area (Å²) < 4.78 is 0. The molecular formula is C13H19Cl2N3OS. The minimum absolute atomic E-state index is 0. The van der Waals surface area contributed by atoms with Crippen LogP contribution >= 0.6 is 36.6 Å². The van der Waals surface area contributed by atoms with Gasteiger partial charge in [0.1, 0.15) is 0 Å². The number of amides is 1. The van der Waals surface area contributed by atoms with Crippen molar-refractivity contribution in [3.05, 3.63) is 29.8 Å². The van der Waals surface area contributed by atoms with E-state index in [1.54, 1.807) is 11.8 Å². The molecule has 1 amide bonds. The molecule has 0 aromatic heterocycles. The number of aliphatic imine (C=N–C) groups is 1. The van der Waals surface area contributed by atoms with Gasteiger partial charge in [-0.1, -0.05) is 30.0 Å². The fraction of sp³-hybridized carbons (Fsp3) is 0.385. The Hall–Kier alpha value is -0.910. The highest BCUT2D eigenvalue weighted by molar-refractivity contribution is 8.14. The Kier molecular flexibility index (Phi) is 9.46. The van der Waals surface area contributed by atoms with E-state index in [0.29, 0.717) is 6.54 Å². The maximum atomic E-state index is 10.8. The lowest BCUT2D eigenvalue weighted by molar-refractivity contribution is -0.118. The quantitative estimate of drug-likeness (QED) is 0.889. The van der Waals surface area contributed by atoms with E-state index in [1.165, 1.54) is 12.5 Å². The van der Waals surface area contributed by atoms with Gasteiger partial charge in [-0.05, 0) is 18.1 Å². The lowest BCUT2D eigenvalue weighted by Gasteiger charge is -2.11. The topological polar surface area (TPSA) is 53.5 Å². The molecule has 1 aromatic carbocycles. The van der Waals surface area contributed by atoms with Gasteiger partial charge in [-0.2, -0.15) is 0 Å². The van der Waals surface area contributed by atoms with Crippen LogP contribution in [0.4, 0.5) is 5.69 Å². The maximum absolute atomic E-state index is 10.8. The number of para-hydroxylation sites is 1. The van der Waals surface area contributed by atoms with E-state index in [9.17, 15) is 4.79 Å². The van der Waals surface area contributed by atoms with Gasteiger partial charge in [-0.25, -0.2) is 0 Å². The fourth-order valence-electron chi connectivity index (χ4n) is 1.76. The molecule has 1 aliphatic heterocycles. The minimum atomic E-state index is 0. The van der Waals surface area contributed by atoms with Crippen LogP contribution in [0.3, 0.4) is 0 Å². The summed E-state index contributed by atoms with van der Waals surface area (Å²) >= 11 is 1.74. The van der Waals surface area contributed by atoms with Crippen molar-refractivity contribution in [2.75, 3.05) is 24.2 Å². The van der Waals surface area contributed by atoms with Crippen LogP contribution in [-0.4, -0.2) is 29.9 Å². The molecule has 0 bridgehead atoms. The van der Waals surface area contributed by atoms with Gasteiger partial charge >= 0.3 is 0 Å². The standard InChI is InChI=1S/C13H17N3OS.2ClH/c1-10(17)14-7-6-11-4-2-3-5-12(11)16-13-15-8-9-18-13;;/h2-5H,6-9H2,1H3,(H,14,17)(H,15,16);2*1H. The van der Waals surface area contributed by atoms with Gasteiger partial charge in [0.2, 0.25) is 5.91 Å². The van der Waals surface area contributed by atoms with E-state index in [2.05, 4.69) is 21.7 Å². The molecule has 0 spiro atoms. The molecule has 0 saturated carbocycles. The van der Waals surface area contributed by atoms with E-state index in [0.717, 1.165) is 29.6 Å². The van der Waals surface area contributed by atoms with Crippen molar-refractivity contribution in [2.45, 2.75) is 13.3 Å². The molecule has 0 unspecified atom stereocenters. The third-order valence-electron chi connectivity index (χ3n) is 2.61. The number of hydrogen-bond donors (Lipinski definition) is 2. The van der Waals surface area contributed by atoms with Gasteiger partial charge in [-0.15, -0.1) is 24.8 Å². The largest absolute Gasteiger partial charge is 0.356 e. The number of anilines is 1. The van der Waals surface area contributed by atoms with E-state index in [1.807, 2.05) is 18.2 Å². The number of benzene rings is 1. The molecule has 0 aliphatic carbocycles. The molecule has 0 atom stereocenters. The molecule has 2 rings (SSSR count).